The maximum atomic E-state index is 12.8. The maximum absolute atomic E-state index is 12.8. The molecule has 0 radical (unpaired) electrons. The third-order valence-electron chi connectivity index (χ3n) is 5.78. The van der Waals surface area contributed by atoms with Crippen molar-refractivity contribution in [2.75, 3.05) is 13.7 Å². The molecule has 1 saturated heterocycles. The Morgan fingerprint density at radius 3 is 2.22 bits per heavy atom. The molecule has 11 nitrogen and oxygen atoms in total. The Kier molecular flexibility index (Phi) is 9.37. The number of methoxy groups -OCH3 is 1. The first kappa shape index (κ1) is 27.5. The van der Waals surface area contributed by atoms with Gasteiger partial charge in [-0.15, -0.1) is 0 Å². The van der Waals surface area contributed by atoms with Gasteiger partial charge < -0.3 is 44.5 Å². The molecule has 11 heteroatoms. The summed E-state index contributed by atoms with van der Waals surface area (Å²) < 4.78 is 20.7. The smallest absolute Gasteiger partial charge is 0.339 e. The zero-order valence-corrected chi connectivity index (χ0v) is 19.6. The second-order valence-corrected chi connectivity index (χ2v) is 8.48. The van der Waals surface area contributed by atoms with E-state index in [4.69, 9.17) is 14.2 Å². The van der Waals surface area contributed by atoms with E-state index in [1.807, 2.05) is 0 Å². The van der Waals surface area contributed by atoms with Gasteiger partial charge in [-0.05, 0) is 23.3 Å². The first-order valence-corrected chi connectivity index (χ1v) is 11.2. The number of rotatable bonds is 10. The molecular weight excluding hydrogens is 476 g/mol. The van der Waals surface area contributed by atoms with E-state index in [0.29, 0.717) is 11.1 Å². The quantitative estimate of drug-likeness (QED) is 0.262. The molecular formula is C25H30O11. The lowest BCUT2D eigenvalue weighted by atomic mass is 9.91. The van der Waals surface area contributed by atoms with Crippen LogP contribution >= 0.6 is 0 Å². The monoisotopic (exact) mass is 506 g/mol. The van der Waals surface area contributed by atoms with Crippen LogP contribution < -0.4 is 4.74 Å². The Bertz CT molecular complexity index is 995. The van der Waals surface area contributed by atoms with Gasteiger partial charge >= 0.3 is 11.9 Å². The largest absolute Gasteiger partial charge is 0.469 e. The Morgan fingerprint density at radius 2 is 1.61 bits per heavy atom. The Labute approximate surface area is 207 Å². The molecule has 196 valence electrons. The van der Waals surface area contributed by atoms with Crippen LogP contribution in [0.5, 0.6) is 5.75 Å². The summed E-state index contributed by atoms with van der Waals surface area (Å²) >= 11 is 0. The normalized spacial score (nSPS) is 25.4. The van der Waals surface area contributed by atoms with Crippen LogP contribution in [0.1, 0.15) is 17.5 Å². The molecule has 1 unspecified atom stereocenters. The summed E-state index contributed by atoms with van der Waals surface area (Å²) in [6.45, 7) is -0.793. The van der Waals surface area contributed by atoms with Gasteiger partial charge in [-0.3, -0.25) is 4.79 Å². The third-order valence-corrected chi connectivity index (χ3v) is 5.78. The number of hydrogen-bond donors (Lipinski definition) is 5. The molecule has 0 bridgehead atoms. The number of aliphatic hydroxyl groups excluding tert-OH is 4. The molecule has 2 aromatic rings. The predicted octanol–water partition coefficient (Wildman–Crippen LogP) is -0.555. The lowest BCUT2D eigenvalue weighted by Crippen LogP contribution is -2.60. The van der Waals surface area contributed by atoms with Crippen LogP contribution in [0, 0.1) is 0 Å². The first-order chi connectivity index (χ1) is 17.2. The lowest BCUT2D eigenvalue weighted by Gasteiger charge is -2.39. The highest BCUT2D eigenvalue weighted by molar-refractivity contribution is 5.86. The van der Waals surface area contributed by atoms with Gasteiger partial charge in [0.1, 0.15) is 36.8 Å². The summed E-state index contributed by atoms with van der Waals surface area (Å²) in [7, 11) is 1.16. The van der Waals surface area contributed by atoms with Crippen molar-refractivity contribution in [2.24, 2.45) is 0 Å². The van der Waals surface area contributed by atoms with Crippen LogP contribution in [0.15, 0.2) is 54.6 Å². The average molecular weight is 507 g/mol. The zero-order valence-electron chi connectivity index (χ0n) is 19.6. The fourth-order valence-corrected chi connectivity index (χ4v) is 3.70. The highest BCUT2D eigenvalue weighted by atomic mass is 16.7. The van der Waals surface area contributed by atoms with Gasteiger partial charge in [0.25, 0.3) is 0 Å². The van der Waals surface area contributed by atoms with Gasteiger partial charge in [0.05, 0.1) is 20.1 Å². The Morgan fingerprint density at radius 1 is 0.944 bits per heavy atom. The number of esters is 2. The van der Waals surface area contributed by atoms with Crippen molar-refractivity contribution < 1.29 is 54.1 Å². The van der Waals surface area contributed by atoms with Crippen LogP contribution in [0.3, 0.4) is 0 Å². The highest BCUT2D eigenvalue weighted by Crippen LogP contribution is 2.25. The van der Waals surface area contributed by atoms with Crippen molar-refractivity contribution in [3.63, 3.8) is 0 Å². The molecule has 1 aliphatic rings. The predicted molar refractivity (Wildman–Crippen MR) is 122 cm³/mol. The van der Waals surface area contributed by atoms with E-state index in [2.05, 4.69) is 4.74 Å². The minimum absolute atomic E-state index is 0.145. The van der Waals surface area contributed by atoms with E-state index in [0.717, 1.165) is 7.11 Å². The second kappa shape index (κ2) is 12.3. The van der Waals surface area contributed by atoms with Gasteiger partial charge in [-0.25, -0.2) is 4.79 Å². The first-order valence-electron chi connectivity index (χ1n) is 11.2. The van der Waals surface area contributed by atoms with Gasteiger partial charge in [0.2, 0.25) is 6.29 Å². The molecule has 1 fully saturated rings. The summed E-state index contributed by atoms with van der Waals surface area (Å²) in [5, 5.41) is 50.0. The fraction of sp³-hybridized carbons (Fsp3) is 0.440. The second-order valence-electron chi connectivity index (χ2n) is 8.48. The van der Waals surface area contributed by atoms with E-state index >= 15 is 0 Å². The van der Waals surface area contributed by atoms with Gasteiger partial charge in [0, 0.05) is 6.42 Å². The average Bonchev–Trinajstić information content (AvgIpc) is 2.88. The van der Waals surface area contributed by atoms with Gasteiger partial charge in [0.15, 0.2) is 5.60 Å². The van der Waals surface area contributed by atoms with Crippen LogP contribution in [0.2, 0.25) is 0 Å². The highest BCUT2D eigenvalue weighted by Gasteiger charge is 2.45. The zero-order chi connectivity index (χ0) is 26.3. The van der Waals surface area contributed by atoms with Crippen molar-refractivity contribution >= 4 is 11.9 Å². The molecule has 6 atom stereocenters. The minimum Gasteiger partial charge on any atom is -0.469 e. The number of carbonyl (C=O) groups excluding carboxylic acids is 2. The lowest BCUT2D eigenvalue weighted by molar-refractivity contribution is -0.277. The Hall–Kier alpha value is -3.06. The van der Waals surface area contributed by atoms with Crippen molar-refractivity contribution in [1.29, 1.82) is 0 Å². The summed E-state index contributed by atoms with van der Waals surface area (Å²) in [5.41, 5.74) is -0.958. The number of hydrogen-bond acceptors (Lipinski definition) is 11. The summed E-state index contributed by atoms with van der Waals surface area (Å²) in [6, 6.07) is 14.8. The van der Waals surface area contributed by atoms with Crippen LogP contribution in [-0.4, -0.2) is 87.5 Å². The summed E-state index contributed by atoms with van der Waals surface area (Å²) in [4.78, 5) is 24.6. The minimum atomic E-state index is -2.12. The fourth-order valence-electron chi connectivity index (χ4n) is 3.70. The molecule has 5 N–H and O–H groups in total. The molecule has 1 aliphatic heterocycles. The molecule has 0 amide bonds. The molecule has 3 rings (SSSR count). The molecule has 0 spiro atoms. The van der Waals surface area contributed by atoms with Crippen LogP contribution in [-0.2, 0) is 36.8 Å². The number of benzene rings is 2. The van der Waals surface area contributed by atoms with E-state index in [9.17, 15) is 35.1 Å². The topological polar surface area (TPSA) is 172 Å². The van der Waals surface area contributed by atoms with Gasteiger partial charge in [-0.1, -0.05) is 42.5 Å². The van der Waals surface area contributed by atoms with Crippen molar-refractivity contribution in [2.45, 2.75) is 55.8 Å². The van der Waals surface area contributed by atoms with Crippen molar-refractivity contribution in [3.05, 3.63) is 65.7 Å². The molecule has 0 aromatic heterocycles. The number of aliphatic hydroxyl groups is 5. The summed E-state index contributed by atoms with van der Waals surface area (Å²) in [6.07, 6.45) is -7.79. The molecule has 2 aromatic carbocycles. The number of ether oxygens (including phenoxy) is 4. The summed E-state index contributed by atoms with van der Waals surface area (Å²) in [5.74, 6) is -1.51. The van der Waals surface area contributed by atoms with E-state index in [1.165, 1.54) is 12.1 Å². The van der Waals surface area contributed by atoms with E-state index < -0.39 is 61.3 Å². The SMILES string of the molecule is COC(=O)CC(O)(Cc1ccccc1)C(=O)OCc1ccc(O[C@@H]2O[C@H](CO)[C@@H](O)[C@H](O)[C@H]2O)cc1. The van der Waals surface area contributed by atoms with Crippen molar-refractivity contribution in [1.82, 2.24) is 0 Å². The molecule has 1 heterocycles. The molecule has 0 aliphatic carbocycles. The van der Waals surface area contributed by atoms with E-state index in [-0.39, 0.29) is 18.8 Å². The van der Waals surface area contributed by atoms with Crippen molar-refractivity contribution in [3.8, 4) is 5.75 Å². The molecule has 36 heavy (non-hydrogen) atoms. The Balaban J connectivity index is 1.61. The third kappa shape index (κ3) is 6.78. The van der Waals surface area contributed by atoms with Gasteiger partial charge in [-0.2, -0.15) is 0 Å². The molecule has 0 saturated carbocycles. The van der Waals surface area contributed by atoms with Crippen LogP contribution in [0.25, 0.3) is 0 Å². The maximum Gasteiger partial charge on any atom is 0.339 e. The van der Waals surface area contributed by atoms with E-state index in [1.54, 1.807) is 42.5 Å². The standard InChI is InChI=1S/C25H30O11/c1-33-19(27)12-25(32,11-15-5-3-2-4-6-15)24(31)34-14-16-7-9-17(10-8-16)35-23-22(30)21(29)20(28)18(13-26)36-23/h2-10,18,20-23,26,28-30,32H,11-14H2,1H3/t18-,20-,21+,22-,23-,25?/m1/s1. The van der Waals surface area contributed by atoms with Crippen LogP contribution in [0.4, 0.5) is 0 Å². The number of carbonyl (C=O) groups is 2.